The molecule has 0 atom stereocenters. The highest BCUT2D eigenvalue weighted by molar-refractivity contribution is 6.39. The van der Waals surface area contributed by atoms with Gasteiger partial charge in [-0.05, 0) is 43.2 Å². The topological polar surface area (TPSA) is 91.8 Å². The molecular weight excluding hydrogens is 451 g/mol. The average Bonchev–Trinajstić information content (AvgIpc) is 3.36. The second-order valence-corrected chi connectivity index (χ2v) is 8.47. The van der Waals surface area contributed by atoms with E-state index in [9.17, 15) is 18.8 Å². The van der Waals surface area contributed by atoms with Crippen LogP contribution >= 0.6 is 11.6 Å². The quantitative estimate of drug-likeness (QED) is 0.687. The van der Waals surface area contributed by atoms with Crippen LogP contribution in [0.2, 0.25) is 5.02 Å². The zero-order valence-electron chi connectivity index (χ0n) is 17.9. The van der Waals surface area contributed by atoms with Crippen LogP contribution in [0.25, 0.3) is 0 Å². The van der Waals surface area contributed by atoms with Crippen molar-refractivity contribution in [3.8, 4) is 5.75 Å². The number of pyridine rings is 1. The molecule has 2 aromatic rings. The van der Waals surface area contributed by atoms with Crippen LogP contribution in [0.4, 0.5) is 10.2 Å². The highest BCUT2D eigenvalue weighted by atomic mass is 35.5. The summed E-state index contributed by atoms with van der Waals surface area (Å²) in [6.45, 7) is 2.03. The van der Waals surface area contributed by atoms with E-state index in [1.807, 2.05) is 0 Å². The highest BCUT2D eigenvalue weighted by Crippen LogP contribution is 2.24. The van der Waals surface area contributed by atoms with Crippen molar-refractivity contribution < 1.29 is 23.5 Å². The van der Waals surface area contributed by atoms with Gasteiger partial charge in [0.05, 0.1) is 10.6 Å². The molecule has 2 aliphatic rings. The number of carbonyl (C=O) groups is 3. The smallest absolute Gasteiger partial charge is 0.315 e. The van der Waals surface area contributed by atoms with E-state index in [4.69, 9.17) is 16.3 Å². The summed E-state index contributed by atoms with van der Waals surface area (Å²) in [6, 6.07) is 7.23. The van der Waals surface area contributed by atoms with Crippen LogP contribution in [0.15, 0.2) is 36.5 Å². The summed E-state index contributed by atoms with van der Waals surface area (Å²) in [5.41, 5.74) is 0.202. The summed E-state index contributed by atoms with van der Waals surface area (Å²) >= 11 is 6.21. The minimum Gasteiger partial charge on any atom is -0.490 e. The minimum atomic E-state index is -0.788. The molecule has 0 aliphatic carbocycles. The first-order valence-corrected chi connectivity index (χ1v) is 11.3. The molecule has 0 radical (unpaired) electrons. The normalized spacial score (nSPS) is 16.5. The Morgan fingerprint density at radius 3 is 2.36 bits per heavy atom. The molecule has 2 fully saturated rings. The molecule has 33 heavy (non-hydrogen) atoms. The predicted octanol–water partition coefficient (Wildman–Crippen LogP) is 3.12. The van der Waals surface area contributed by atoms with Gasteiger partial charge < -0.3 is 19.9 Å². The van der Waals surface area contributed by atoms with E-state index in [1.54, 1.807) is 17.0 Å². The van der Waals surface area contributed by atoms with Crippen molar-refractivity contribution in [2.24, 2.45) is 0 Å². The van der Waals surface area contributed by atoms with Gasteiger partial charge >= 0.3 is 11.8 Å². The fraction of sp³-hybridized carbons (Fsp3) is 0.391. The lowest BCUT2D eigenvalue weighted by atomic mass is 10.1. The first kappa shape index (κ1) is 23.0. The second-order valence-electron chi connectivity index (χ2n) is 8.07. The third kappa shape index (κ3) is 5.60. The number of halogens is 2. The summed E-state index contributed by atoms with van der Waals surface area (Å²) in [7, 11) is 0. The largest absolute Gasteiger partial charge is 0.490 e. The Labute approximate surface area is 195 Å². The van der Waals surface area contributed by atoms with Gasteiger partial charge in [0.2, 0.25) is 0 Å². The molecule has 4 rings (SSSR count). The van der Waals surface area contributed by atoms with Crippen molar-refractivity contribution in [1.82, 2.24) is 14.8 Å². The highest BCUT2D eigenvalue weighted by Gasteiger charge is 2.28. The van der Waals surface area contributed by atoms with E-state index < -0.39 is 11.8 Å². The van der Waals surface area contributed by atoms with Crippen molar-refractivity contribution in [3.05, 3.63) is 52.9 Å². The van der Waals surface area contributed by atoms with E-state index in [2.05, 4.69) is 10.3 Å². The predicted molar refractivity (Wildman–Crippen MR) is 120 cm³/mol. The molecule has 0 saturated carbocycles. The number of ether oxygens (including phenoxy) is 1. The second kappa shape index (κ2) is 10.2. The Morgan fingerprint density at radius 1 is 1.03 bits per heavy atom. The number of hydrogen-bond acceptors (Lipinski definition) is 5. The van der Waals surface area contributed by atoms with E-state index in [1.165, 1.54) is 29.3 Å². The number of likely N-dealkylation sites (tertiary alicyclic amines) is 2. The number of hydrogen-bond donors (Lipinski definition) is 1. The van der Waals surface area contributed by atoms with E-state index in [0.717, 1.165) is 12.8 Å². The third-order valence-corrected chi connectivity index (χ3v) is 6.06. The number of nitrogens with zero attached hydrogens (tertiary/aromatic N) is 3. The SMILES string of the molecule is O=C(Nc1cc(C(=O)N2CCC(Oc3ccc(F)cc3)CC2)c(Cl)cn1)C(=O)N1CCCC1. The maximum absolute atomic E-state index is 13.1. The summed E-state index contributed by atoms with van der Waals surface area (Å²) in [5.74, 6) is -1.33. The fourth-order valence-corrected chi connectivity index (χ4v) is 4.14. The van der Waals surface area contributed by atoms with E-state index in [-0.39, 0.29) is 34.2 Å². The molecule has 1 aromatic heterocycles. The summed E-state index contributed by atoms with van der Waals surface area (Å²) in [6.07, 6.45) is 4.18. The van der Waals surface area contributed by atoms with Gasteiger partial charge in [-0.3, -0.25) is 14.4 Å². The minimum absolute atomic E-state index is 0.0844. The number of aromatic nitrogens is 1. The van der Waals surface area contributed by atoms with Gasteiger partial charge in [0.1, 0.15) is 23.5 Å². The number of anilines is 1. The fourth-order valence-electron chi connectivity index (χ4n) is 3.96. The molecule has 2 saturated heterocycles. The van der Waals surface area contributed by atoms with Crippen molar-refractivity contribution in [2.75, 3.05) is 31.5 Å². The molecule has 10 heteroatoms. The lowest BCUT2D eigenvalue weighted by molar-refractivity contribution is -0.142. The number of piperidine rings is 1. The third-order valence-electron chi connectivity index (χ3n) is 5.76. The van der Waals surface area contributed by atoms with Gasteiger partial charge in [-0.15, -0.1) is 0 Å². The molecule has 2 aliphatic heterocycles. The summed E-state index contributed by atoms with van der Waals surface area (Å²) in [5, 5.41) is 2.63. The Kier molecular flexibility index (Phi) is 7.08. The van der Waals surface area contributed by atoms with Crippen LogP contribution in [0.1, 0.15) is 36.0 Å². The van der Waals surface area contributed by atoms with Gasteiger partial charge in [-0.25, -0.2) is 9.37 Å². The summed E-state index contributed by atoms with van der Waals surface area (Å²) < 4.78 is 18.9. The van der Waals surface area contributed by atoms with Gasteiger partial charge in [0, 0.05) is 45.2 Å². The molecule has 1 N–H and O–H groups in total. The maximum atomic E-state index is 13.1. The molecule has 3 amide bonds. The number of benzene rings is 1. The van der Waals surface area contributed by atoms with Crippen molar-refractivity contribution in [1.29, 1.82) is 0 Å². The van der Waals surface area contributed by atoms with E-state index in [0.29, 0.717) is 44.8 Å². The number of amides is 3. The number of rotatable bonds is 4. The van der Waals surface area contributed by atoms with Crippen LogP contribution in [0, 0.1) is 5.82 Å². The standard InChI is InChI=1S/C23H24ClFN4O4/c24-19-14-26-20(27-21(30)23(32)28-9-1-2-10-28)13-18(19)22(31)29-11-7-17(8-12-29)33-16-5-3-15(25)4-6-16/h3-6,13-14,17H,1-2,7-12H2,(H,26,27,30). The average molecular weight is 475 g/mol. The van der Waals surface area contributed by atoms with Crippen LogP contribution < -0.4 is 10.1 Å². The molecule has 0 bridgehead atoms. The first-order chi connectivity index (χ1) is 15.9. The Balaban J connectivity index is 1.35. The first-order valence-electron chi connectivity index (χ1n) is 10.9. The maximum Gasteiger partial charge on any atom is 0.315 e. The Morgan fingerprint density at radius 2 is 1.70 bits per heavy atom. The number of carbonyl (C=O) groups excluding carboxylic acids is 3. The van der Waals surface area contributed by atoms with Crippen LogP contribution in [0.5, 0.6) is 5.75 Å². The zero-order valence-corrected chi connectivity index (χ0v) is 18.7. The van der Waals surface area contributed by atoms with Crippen molar-refractivity contribution in [3.63, 3.8) is 0 Å². The van der Waals surface area contributed by atoms with Crippen LogP contribution in [0.3, 0.4) is 0 Å². The molecule has 0 spiro atoms. The molecule has 174 valence electrons. The van der Waals surface area contributed by atoms with Crippen LogP contribution in [-0.4, -0.2) is 64.8 Å². The zero-order chi connectivity index (χ0) is 23.4. The number of nitrogens with one attached hydrogen (secondary N) is 1. The van der Waals surface area contributed by atoms with Crippen LogP contribution in [-0.2, 0) is 9.59 Å². The summed E-state index contributed by atoms with van der Waals surface area (Å²) in [4.78, 5) is 44.7. The van der Waals surface area contributed by atoms with Crippen molar-refractivity contribution >= 4 is 35.1 Å². The molecule has 3 heterocycles. The monoisotopic (exact) mass is 474 g/mol. The Hall–Kier alpha value is -3.20. The lowest BCUT2D eigenvalue weighted by Gasteiger charge is -2.32. The van der Waals surface area contributed by atoms with Gasteiger partial charge in [-0.1, -0.05) is 11.6 Å². The van der Waals surface area contributed by atoms with Crippen molar-refractivity contribution in [2.45, 2.75) is 31.8 Å². The molecule has 8 nitrogen and oxygen atoms in total. The van der Waals surface area contributed by atoms with Gasteiger partial charge in [-0.2, -0.15) is 0 Å². The molecule has 0 unspecified atom stereocenters. The molecular formula is C23H24ClFN4O4. The van der Waals surface area contributed by atoms with Gasteiger partial charge in [0.15, 0.2) is 0 Å². The lowest BCUT2D eigenvalue weighted by Crippen LogP contribution is -2.42. The Bertz CT molecular complexity index is 1040. The van der Waals surface area contributed by atoms with E-state index >= 15 is 0 Å². The molecule has 1 aromatic carbocycles. The van der Waals surface area contributed by atoms with Gasteiger partial charge in [0.25, 0.3) is 5.91 Å².